The number of carboxylic acid groups (broad SMARTS) is 1. The summed E-state index contributed by atoms with van der Waals surface area (Å²) in [5.41, 5.74) is 0. The van der Waals surface area contributed by atoms with Crippen molar-refractivity contribution in [3.05, 3.63) is 0 Å². The zero-order chi connectivity index (χ0) is 13.7. The van der Waals surface area contributed by atoms with Crippen LogP contribution in [0.4, 0.5) is 0 Å². The van der Waals surface area contributed by atoms with Crippen LogP contribution in [0.15, 0.2) is 0 Å². The molecule has 0 aromatic carbocycles. The summed E-state index contributed by atoms with van der Waals surface area (Å²) < 4.78 is 0. The fourth-order valence-electron chi connectivity index (χ4n) is 3.37. The quantitative estimate of drug-likeness (QED) is 0.798. The highest BCUT2D eigenvalue weighted by Crippen LogP contribution is 2.28. The van der Waals surface area contributed by atoms with E-state index in [0.717, 1.165) is 44.7 Å². The molecule has 1 heterocycles. The van der Waals surface area contributed by atoms with E-state index in [1.54, 1.807) is 0 Å². The number of carbonyl (C=O) groups is 1. The van der Waals surface area contributed by atoms with E-state index < -0.39 is 5.97 Å². The largest absolute Gasteiger partial charge is 0.481 e. The third kappa shape index (κ3) is 4.77. The number of piperidine rings is 1. The molecule has 0 bridgehead atoms. The zero-order valence-corrected chi connectivity index (χ0v) is 12.1. The average molecular weight is 268 g/mol. The molecule has 0 atom stereocenters. The van der Waals surface area contributed by atoms with Crippen molar-refractivity contribution in [3.63, 3.8) is 0 Å². The average Bonchev–Trinajstić information content (AvgIpc) is 2.41. The van der Waals surface area contributed by atoms with E-state index in [0.29, 0.717) is 5.92 Å². The maximum absolute atomic E-state index is 10.9. The van der Waals surface area contributed by atoms with Gasteiger partial charge in [0, 0.05) is 0 Å². The van der Waals surface area contributed by atoms with Gasteiger partial charge in [-0.2, -0.15) is 0 Å². The molecule has 1 saturated heterocycles. The Balaban J connectivity index is 1.56. The zero-order valence-electron chi connectivity index (χ0n) is 12.1. The van der Waals surface area contributed by atoms with Crippen molar-refractivity contribution < 1.29 is 9.90 Å². The molecule has 0 amide bonds. The number of hydrogen-bond donors (Lipinski definition) is 2. The Labute approximate surface area is 116 Å². The molecule has 1 aliphatic heterocycles. The summed E-state index contributed by atoms with van der Waals surface area (Å²) in [5.74, 6) is 0.858. The number of nitrogens with one attached hydrogen (secondary N) is 1. The van der Waals surface area contributed by atoms with Crippen molar-refractivity contribution in [1.82, 2.24) is 10.2 Å². The van der Waals surface area contributed by atoms with Gasteiger partial charge in [-0.1, -0.05) is 0 Å². The molecule has 4 nitrogen and oxygen atoms in total. The summed E-state index contributed by atoms with van der Waals surface area (Å²) in [4.78, 5) is 13.3. The van der Waals surface area contributed by atoms with Crippen molar-refractivity contribution in [2.24, 2.45) is 17.8 Å². The van der Waals surface area contributed by atoms with Crippen LogP contribution in [-0.4, -0.2) is 49.2 Å². The minimum Gasteiger partial charge on any atom is -0.481 e. The van der Waals surface area contributed by atoms with Crippen LogP contribution in [-0.2, 0) is 4.79 Å². The van der Waals surface area contributed by atoms with E-state index in [-0.39, 0.29) is 5.92 Å². The molecule has 2 fully saturated rings. The van der Waals surface area contributed by atoms with Gasteiger partial charge in [0.2, 0.25) is 0 Å². The summed E-state index contributed by atoms with van der Waals surface area (Å²) in [7, 11) is 2.20. The maximum atomic E-state index is 10.9. The van der Waals surface area contributed by atoms with Gasteiger partial charge in [-0.15, -0.1) is 0 Å². The number of rotatable bonds is 5. The molecule has 19 heavy (non-hydrogen) atoms. The Morgan fingerprint density at radius 1 is 1.05 bits per heavy atom. The number of hydrogen-bond acceptors (Lipinski definition) is 3. The molecule has 0 aromatic heterocycles. The van der Waals surface area contributed by atoms with Gasteiger partial charge < -0.3 is 15.3 Å². The predicted molar refractivity (Wildman–Crippen MR) is 76.2 cm³/mol. The second-order valence-corrected chi connectivity index (χ2v) is 6.46. The van der Waals surface area contributed by atoms with Crippen LogP contribution in [0.5, 0.6) is 0 Å². The van der Waals surface area contributed by atoms with Crippen LogP contribution in [0.25, 0.3) is 0 Å². The van der Waals surface area contributed by atoms with Crippen LogP contribution in [0.3, 0.4) is 0 Å². The fourth-order valence-corrected chi connectivity index (χ4v) is 3.37. The van der Waals surface area contributed by atoms with Crippen LogP contribution < -0.4 is 5.32 Å². The molecule has 2 N–H and O–H groups in total. The van der Waals surface area contributed by atoms with Gasteiger partial charge in [0.25, 0.3) is 0 Å². The summed E-state index contributed by atoms with van der Waals surface area (Å²) in [5, 5.41) is 12.6. The van der Waals surface area contributed by atoms with Gasteiger partial charge >= 0.3 is 5.97 Å². The van der Waals surface area contributed by atoms with Gasteiger partial charge in [0.1, 0.15) is 0 Å². The van der Waals surface area contributed by atoms with E-state index in [9.17, 15) is 4.79 Å². The number of aliphatic carboxylic acids is 1. The molecule has 0 spiro atoms. The number of nitrogens with zero attached hydrogens (tertiary/aromatic N) is 1. The number of likely N-dealkylation sites (tertiary alicyclic amines) is 1. The summed E-state index contributed by atoms with van der Waals surface area (Å²) in [6.07, 6.45) is 6.53. The fraction of sp³-hybridized carbons (Fsp3) is 0.933. The highest BCUT2D eigenvalue weighted by atomic mass is 16.4. The van der Waals surface area contributed by atoms with Crippen molar-refractivity contribution >= 4 is 5.97 Å². The normalized spacial score (nSPS) is 30.4. The topological polar surface area (TPSA) is 52.6 Å². The third-order valence-corrected chi connectivity index (χ3v) is 4.90. The smallest absolute Gasteiger partial charge is 0.306 e. The lowest BCUT2D eigenvalue weighted by Gasteiger charge is -2.30. The maximum Gasteiger partial charge on any atom is 0.306 e. The molecule has 0 radical (unpaired) electrons. The lowest BCUT2D eigenvalue weighted by molar-refractivity contribution is -0.143. The Morgan fingerprint density at radius 2 is 1.58 bits per heavy atom. The molecule has 2 rings (SSSR count). The van der Waals surface area contributed by atoms with Crippen LogP contribution >= 0.6 is 0 Å². The molecular formula is C15H28N2O2. The third-order valence-electron chi connectivity index (χ3n) is 4.90. The molecule has 0 aromatic rings. The first-order chi connectivity index (χ1) is 9.15. The standard InChI is InChI=1S/C15H28N2O2/c1-17-8-6-13(7-9-17)11-16-10-12-2-4-14(5-3-12)15(18)19/h12-14,16H,2-11H2,1H3,(H,18,19). The Morgan fingerprint density at radius 3 is 2.11 bits per heavy atom. The van der Waals surface area contributed by atoms with Gasteiger partial charge in [0.05, 0.1) is 5.92 Å². The highest BCUT2D eigenvalue weighted by Gasteiger charge is 2.25. The molecule has 110 valence electrons. The van der Waals surface area contributed by atoms with Gasteiger partial charge in [-0.3, -0.25) is 4.79 Å². The first kappa shape index (κ1) is 14.8. The molecule has 1 aliphatic carbocycles. The molecule has 0 unspecified atom stereocenters. The highest BCUT2D eigenvalue weighted by molar-refractivity contribution is 5.69. The molecule has 4 heteroatoms. The SMILES string of the molecule is CN1CCC(CNCC2CCC(C(=O)O)CC2)CC1. The van der Waals surface area contributed by atoms with Crippen LogP contribution in [0.1, 0.15) is 38.5 Å². The second-order valence-electron chi connectivity index (χ2n) is 6.46. The Hall–Kier alpha value is -0.610. The lowest BCUT2D eigenvalue weighted by atomic mass is 9.82. The van der Waals surface area contributed by atoms with E-state index in [1.165, 1.54) is 25.9 Å². The lowest BCUT2D eigenvalue weighted by Crippen LogP contribution is -2.37. The number of carboxylic acids is 1. The van der Waals surface area contributed by atoms with Crippen molar-refractivity contribution in [2.45, 2.75) is 38.5 Å². The first-order valence-electron chi connectivity index (χ1n) is 7.77. The van der Waals surface area contributed by atoms with Crippen molar-refractivity contribution in [2.75, 3.05) is 33.2 Å². The Kier molecular flexibility index (Phi) is 5.64. The van der Waals surface area contributed by atoms with E-state index in [2.05, 4.69) is 17.3 Å². The minimum atomic E-state index is -0.599. The Bertz CT molecular complexity index is 280. The monoisotopic (exact) mass is 268 g/mol. The summed E-state index contributed by atoms with van der Waals surface area (Å²) in [6, 6.07) is 0. The second kappa shape index (κ2) is 7.25. The van der Waals surface area contributed by atoms with Crippen LogP contribution in [0, 0.1) is 17.8 Å². The van der Waals surface area contributed by atoms with E-state index in [1.807, 2.05) is 0 Å². The summed E-state index contributed by atoms with van der Waals surface area (Å²) in [6.45, 7) is 4.69. The van der Waals surface area contributed by atoms with Crippen molar-refractivity contribution in [1.29, 1.82) is 0 Å². The molecular weight excluding hydrogens is 240 g/mol. The molecule has 1 saturated carbocycles. The van der Waals surface area contributed by atoms with E-state index >= 15 is 0 Å². The van der Waals surface area contributed by atoms with Gasteiger partial charge in [-0.25, -0.2) is 0 Å². The van der Waals surface area contributed by atoms with Crippen LogP contribution in [0.2, 0.25) is 0 Å². The van der Waals surface area contributed by atoms with Crippen molar-refractivity contribution in [3.8, 4) is 0 Å². The minimum absolute atomic E-state index is 0.0786. The summed E-state index contributed by atoms with van der Waals surface area (Å²) >= 11 is 0. The van der Waals surface area contributed by atoms with Gasteiger partial charge in [-0.05, 0) is 83.6 Å². The first-order valence-corrected chi connectivity index (χ1v) is 7.77. The van der Waals surface area contributed by atoms with Gasteiger partial charge in [0.15, 0.2) is 0 Å². The molecule has 2 aliphatic rings. The van der Waals surface area contributed by atoms with E-state index in [4.69, 9.17) is 5.11 Å². The predicted octanol–water partition coefficient (Wildman–Crippen LogP) is 1.81.